The fourth-order valence-electron chi connectivity index (χ4n) is 0.544. The Kier molecular flexibility index (Phi) is 2.58. The second-order valence-corrected chi connectivity index (χ2v) is 2.97. The standard InChI is InChI=1S/C6HCl3F2/c7-2-1-3(8)5(10)6(11)4(2)9/h1H. The van der Waals surface area contributed by atoms with Gasteiger partial charge in [-0.3, -0.25) is 0 Å². The molecule has 0 aliphatic carbocycles. The minimum absolute atomic E-state index is 0.101. The van der Waals surface area contributed by atoms with Gasteiger partial charge in [-0.05, 0) is 6.07 Å². The average Bonchev–Trinajstić information content (AvgIpc) is 1.97. The molecule has 5 heteroatoms. The van der Waals surface area contributed by atoms with Crippen molar-refractivity contribution in [3.63, 3.8) is 0 Å². The molecule has 0 heterocycles. The number of hydrogen-bond donors (Lipinski definition) is 0. The van der Waals surface area contributed by atoms with Gasteiger partial charge in [0, 0.05) is 0 Å². The number of halogens is 5. The third kappa shape index (κ3) is 1.58. The molecule has 0 unspecified atom stereocenters. The van der Waals surface area contributed by atoms with Crippen LogP contribution in [0.4, 0.5) is 8.78 Å². The van der Waals surface area contributed by atoms with E-state index in [1.807, 2.05) is 0 Å². The fourth-order valence-corrected chi connectivity index (χ4v) is 1.12. The highest BCUT2D eigenvalue weighted by molar-refractivity contribution is 6.43. The van der Waals surface area contributed by atoms with Gasteiger partial charge in [-0.1, -0.05) is 34.8 Å². The van der Waals surface area contributed by atoms with Crippen LogP contribution in [0.15, 0.2) is 6.07 Å². The number of rotatable bonds is 0. The zero-order valence-electron chi connectivity index (χ0n) is 4.97. The zero-order valence-corrected chi connectivity index (χ0v) is 7.23. The average molecular weight is 217 g/mol. The van der Waals surface area contributed by atoms with Crippen LogP contribution in [0, 0.1) is 11.6 Å². The Morgan fingerprint density at radius 1 is 0.909 bits per heavy atom. The molecule has 0 bridgehead atoms. The zero-order chi connectivity index (χ0) is 8.59. The molecule has 0 radical (unpaired) electrons. The van der Waals surface area contributed by atoms with Crippen LogP contribution in [-0.2, 0) is 0 Å². The minimum Gasteiger partial charge on any atom is -0.202 e. The van der Waals surface area contributed by atoms with Crippen LogP contribution in [0.2, 0.25) is 15.1 Å². The third-order valence-electron chi connectivity index (χ3n) is 1.06. The van der Waals surface area contributed by atoms with Crippen molar-refractivity contribution in [2.45, 2.75) is 0 Å². The van der Waals surface area contributed by atoms with Crippen LogP contribution in [0.25, 0.3) is 0 Å². The van der Waals surface area contributed by atoms with Crippen molar-refractivity contribution in [1.29, 1.82) is 0 Å². The van der Waals surface area contributed by atoms with Crippen molar-refractivity contribution in [3.8, 4) is 0 Å². The minimum atomic E-state index is -1.22. The Morgan fingerprint density at radius 2 is 1.45 bits per heavy atom. The molecule has 0 aliphatic rings. The number of hydrogen-bond acceptors (Lipinski definition) is 0. The van der Waals surface area contributed by atoms with E-state index in [1.165, 1.54) is 0 Å². The molecule has 60 valence electrons. The van der Waals surface area contributed by atoms with Crippen molar-refractivity contribution in [2.75, 3.05) is 0 Å². The first-order valence-electron chi connectivity index (χ1n) is 2.52. The summed E-state index contributed by atoms with van der Waals surface area (Å²) in [5.74, 6) is -2.40. The Bertz CT molecular complexity index is 272. The first kappa shape index (κ1) is 9.04. The Labute approximate surface area is 76.7 Å². The van der Waals surface area contributed by atoms with Crippen molar-refractivity contribution < 1.29 is 8.78 Å². The molecule has 0 spiro atoms. The summed E-state index contributed by atoms with van der Waals surface area (Å²) in [7, 11) is 0. The van der Waals surface area contributed by atoms with E-state index in [9.17, 15) is 8.78 Å². The second-order valence-electron chi connectivity index (χ2n) is 1.78. The van der Waals surface area contributed by atoms with E-state index < -0.39 is 16.7 Å². The third-order valence-corrected chi connectivity index (χ3v) is 2.10. The van der Waals surface area contributed by atoms with E-state index >= 15 is 0 Å². The first-order chi connectivity index (χ1) is 5.04. The van der Waals surface area contributed by atoms with Crippen LogP contribution >= 0.6 is 34.8 Å². The SMILES string of the molecule is Fc1c(Cl)cc(Cl)c(Cl)c1F. The maximum absolute atomic E-state index is 12.6. The van der Waals surface area contributed by atoms with E-state index in [0.29, 0.717) is 0 Å². The van der Waals surface area contributed by atoms with E-state index in [0.717, 1.165) is 6.07 Å². The van der Waals surface area contributed by atoms with Gasteiger partial charge in [-0.25, -0.2) is 8.78 Å². The molecule has 0 aliphatic heterocycles. The normalized spacial score (nSPS) is 10.3. The summed E-state index contributed by atoms with van der Waals surface area (Å²) in [5, 5.41) is -0.930. The largest absolute Gasteiger partial charge is 0.202 e. The van der Waals surface area contributed by atoms with Gasteiger partial charge in [-0.2, -0.15) is 0 Å². The van der Waals surface area contributed by atoms with E-state index in [-0.39, 0.29) is 10.0 Å². The van der Waals surface area contributed by atoms with Gasteiger partial charge in [0.15, 0.2) is 11.6 Å². The molecule has 0 aromatic heterocycles. The molecule has 11 heavy (non-hydrogen) atoms. The molecule has 0 saturated carbocycles. The van der Waals surface area contributed by atoms with Gasteiger partial charge in [0.05, 0.1) is 15.1 Å². The molecule has 0 amide bonds. The molecular formula is C6HCl3F2. The second kappa shape index (κ2) is 3.13. The highest BCUT2D eigenvalue weighted by atomic mass is 35.5. The van der Waals surface area contributed by atoms with E-state index in [1.54, 1.807) is 0 Å². The molecule has 1 aromatic rings. The first-order valence-corrected chi connectivity index (χ1v) is 3.66. The summed E-state index contributed by atoms with van der Waals surface area (Å²) < 4.78 is 25.1. The fraction of sp³-hybridized carbons (Fsp3) is 0. The topological polar surface area (TPSA) is 0 Å². The lowest BCUT2D eigenvalue weighted by Crippen LogP contribution is -1.87. The monoisotopic (exact) mass is 216 g/mol. The predicted molar refractivity (Wildman–Crippen MR) is 41.4 cm³/mol. The van der Waals surface area contributed by atoms with Crippen molar-refractivity contribution in [2.24, 2.45) is 0 Å². The van der Waals surface area contributed by atoms with Crippen molar-refractivity contribution in [1.82, 2.24) is 0 Å². The molecule has 0 saturated heterocycles. The van der Waals surface area contributed by atoms with Gasteiger partial charge < -0.3 is 0 Å². The molecule has 0 fully saturated rings. The van der Waals surface area contributed by atoms with Crippen LogP contribution in [0.3, 0.4) is 0 Å². The van der Waals surface area contributed by atoms with Gasteiger partial charge in [-0.15, -0.1) is 0 Å². The Morgan fingerprint density at radius 3 is 2.00 bits per heavy atom. The molecule has 0 atom stereocenters. The van der Waals surface area contributed by atoms with Gasteiger partial charge in [0.1, 0.15) is 0 Å². The molecular weight excluding hydrogens is 216 g/mol. The summed E-state index contributed by atoms with van der Waals surface area (Å²) in [6.45, 7) is 0. The van der Waals surface area contributed by atoms with Gasteiger partial charge >= 0.3 is 0 Å². The summed E-state index contributed by atoms with van der Waals surface area (Å²) in [5.41, 5.74) is 0. The number of benzene rings is 1. The lowest BCUT2D eigenvalue weighted by molar-refractivity contribution is 0.509. The lowest BCUT2D eigenvalue weighted by atomic mass is 10.3. The molecule has 0 N–H and O–H groups in total. The summed E-state index contributed by atoms with van der Waals surface area (Å²) in [6.07, 6.45) is 0. The molecule has 1 rings (SSSR count). The molecule has 1 aromatic carbocycles. The van der Waals surface area contributed by atoms with Crippen LogP contribution in [-0.4, -0.2) is 0 Å². The summed E-state index contributed by atoms with van der Waals surface area (Å²) in [6, 6.07) is 1.05. The van der Waals surface area contributed by atoms with Crippen LogP contribution in [0.5, 0.6) is 0 Å². The Hall–Kier alpha value is -0.0500. The van der Waals surface area contributed by atoms with Crippen molar-refractivity contribution >= 4 is 34.8 Å². The highest BCUT2D eigenvalue weighted by Crippen LogP contribution is 2.31. The van der Waals surface area contributed by atoms with Gasteiger partial charge in [0.2, 0.25) is 0 Å². The van der Waals surface area contributed by atoms with E-state index in [4.69, 9.17) is 34.8 Å². The van der Waals surface area contributed by atoms with Crippen LogP contribution in [0.1, 0.15) is 0 Å². The highest BCUT2D eigenvalue weighted by Gasteiger charge is 2.14. The van der Waals surface area contributed by atoms with Gasteiger partial charge in [0.25, 0.3) is 0 Å². The lowest BCUT2D eigenvalue weighted by Gasteiger charge is -1.99. The maximum atomic E-state index is 12.6. The Balaban J connectivity index is 3.46. The maximum Gasteiger partial charge on any atom is 0.180 e. The molecule has 0 nitrogen and oxygen atoms in total. The smallest absolute Gasteiger partial charge is 0.180 e. The van der Waals surface area contributed by atoms with E-state index in [2.05, 4.69) is 0 Å². The summed E-state index contributed by atoms with van der Waals surface area (Å²) >= 11 is 15.9. The summed E-state index contributed by atoms with van der Waals surface area (Å²) in [4.78, 5) is 0. The van der Waals surface area contributed by atoms with Crippen molar-refractivity contribution in [3.05, 3.63) is 32.8 Å². The van der Waals surface area contributed by atoms with Crippen LogP contribution < -0.4 is 0 Å². The quantitative estimate of drug-likeness (QED) is 0.456. The predicted octanol–water partition coefficient (Wildman–Crippen LogP) is 3.92.